The summed E-state index contributed by atoms with van der Waals surface area (Å²) in [4.78, 5) is 2.14. The minimum Gasteiger partial charge on any atom is -0.374 e. The Hall–Kier alpha value is -0.915. The number of hydrogen-bond acceptors (Lipinski definition) is 1. The molecule has 1 aliphatic rings. The first kappa shape index (κ1) is 10.2. The molecule has 0 aromatic heterocycles. The highest BCUT2D eigenvalue weighted by atomic mass is 15.1. The predicted octanol–water partition coefficient (Wildman–Crippen LogP) is 2.22. The van der Waals surface area contributed by atoms with Crippen molar-refractivity contribution in [3.05, 3.63) is 35.0 Å². The first-order chi connectivity index (χ1) is 6.06. The molecule has 1 nitrogen and oxygen atoms in total. The van der Waals surface area contributed by atoms with E-state index in [-0.39, 0.29) is 0 Å². The highest BCUT2D eigenvalue weighted by molar-refractivity contribution is 6.23. The van der Waals surface area contributed by atoms with E-state index in [0.29, 0.717) is 6.04 Å². The average Bonchev–Trinajstić information content (AvgIpc) is 2.10. The van der Waals surface area contributed by atoms with Gasteiger partial charge >= 0.3 is 0 Å². The van der Waals surface area contributed by atoms with Gasteiger partial charge in [0.1, 0.15) is 7.85 Å². The van der Waals surface area contributed by atoms with Crippen LogP contribution in [-0.2, 0) is 0 Å². The lowest BCUT2D eigenvalue weighted by Crippen LogP contribution is -2.29. The Morgan fingerprint density at radius 1 is 1.62 bits per heavy atom. The summed E-state index contributed by atoms with van der Waals surface area (Å²) in [5.74, 6) is 0. The van der Waals surface area contributed by atoms with E-state index in [9.17, 15) is 0 Å². The normalized spacial score (nSPS) is 24.2. The van der Waals surface area contributed by atoms with Crippen LogP contribution in [0.1, 0.15) is 20.8 Å². The van der Waals surface area contributed by atoms with Crippen LogP contribution in [0, 0.1) is 0 Å². The first-order valence-electron chi connectivity index (χ1n) is 4.60. The molecule has 0 saturated carbocycles. The molecular formula is C11H16BN. The van der Waals surface area contributed by atoms with Crippen molar-refractivity contribution in [2.24, 2.45) is 0 Å². The smallest absolute Gasteiger partial charge is 0.115 e. The molecular weight excluding hydrogens is 157 g/mol. The minimum absolute atomic E-state index is 0.420. The second-order valence-electron chi connectivity index (χ2n) is 3.54. The molecule has 0 aromatic rings. The van der Waals surface area contributed by atoms with Crippen molar-refractivity contribution in [3.63, 3.8) is 0 Å². The van der Waals surface area contributed by atoms with Crippen LogP contribution < -0.4 is 0 Å². The summed E-state index contributed by atoms with van der Waals surface area (Å²) >= 11 is 0. The van der Waals surface area contributed by atoms with Gasteiger partial charge < -0.3 is 4.90 Å². The predicted molar refractivity (Wildman–Crippen MR) is 58.6 cm³/mol. The average molecular weight is 173 g/mol. The second-order valence-corrected chi connectivity index (χ2v) is 3.54. The van der Waals surface area contributed by atoms with Crippen LogP contribution in [0.4, 0.5) is 0 Å². The molecule has 2 heteroatoms. The topological polar surface area (TPSA) is 3.24 Å². The maximum atomic E-state index is 5.79. The van der Waals surface area contributed by atoms with Gasteiger partial charge in [0.05, 0.1) is 6.04 Å². The van der Waals surface area contributed by atoms with Crippen LogP contribution in [0.5, 0.6) is 0 Å². The van der Waals surface area contributed by atoms with Crippen molar-refractivity contribution in [2.45, 2.75) is 26.8 Å². The molecule has 1 atom stereocenters. The molecule has 13 heavy (non-hydrogen) atoms. The van der Waals surface area contributed by atoms with Gasteiger partial charge in [0, 0.05) is 7.05 Å². The third-order valence-electron chi connectivity index (χ3n) is 2.62. The molecule has 0 fully saturated rings. The Morgan fingerprint density at radius 3 is 2.77 bits per heavy atom. The minimum atomic E-state index is 0.420. The molecule has 0 bridgehead atoms. The summed E-state index contributed by atoms with van der Waals surface area (Å²) in [6.07, 6.45) is 6.14. The zero-order valence-electron chi connectivity index (χ0n) is 8.83. The fraction of sp³-hybridized carbons (Fsp3) is 0.455. The van der Waals surface area contributed by atoms with Gasteiger partial charge in [-0.05, 0) is 32.5 Å². The maximum absolute atomic E-state index is 5.79. The number of likely N-dealkylation sites (N-methyl/N-ethyl adjacent to an activating group) is 1. The van der Waals surface area contributed by atoms with E-state index in [1.807, 2.05) is 13.2 Å². The van der Waals surface area contributed by atoms with Crippen LogP contribution in [0.25, 0.3) is 0 Å². The summed E-state index contributed by atoms with van der Waals surface area (Å²) in [7, 11) is 7.84. The Kier molecular flexibility index (Phi) is 3.02. The summed E-state index contributed by atoms with van der Waals surface area (Å²) in [5, 5.41) is 0. The summed E-state index contributed by atoms with van der Waals surface area (Å²) in [6.45, 7) is 6.36. The van der Waals surface area contributed by atoms with Crippen molar-refractivity contribution < 1.29 is 0 Å². The molecule has 1 rings (SSSR count). The van der Waals surface area contributed by atoms with Crippen LogP contribution in [-0.4, -0.2) is 25.8 Å². The molecule has 1 heterocycles. The highest BCUT2D eigenvalue weighted by Gasteiger charge is 2.16. The Balaban J connectivity index is 3.02. The van der Waals surface area contributed by atoms with Crippen LogP contribution in [0.2, 0.25) is 0 Å². The summed E-state index contributed by atoms with van der Waals surface area (Å²) in [5.41, 5.74) is 3.44. The lowest BCUT2D eigenvalue weighted by atomic mass is 9.86. The number of rotatable bonds is 1. The Labute approximate surface area is 82.2 Å². The highest BCUT2D eigenvalue weighted by Crippen LogP contribution is 2.23. The summed E-state index contributed by atoms with van der Waals surface area (Å²) in [6, 6.07) is 0.420. The van der Waals surface area contributed by atoms with E-state index in [4.69, 9.17) is 7.85 Å². The number of hydrogen-bond donors (Lipinski definition) is 0. The zero-order chi connectivity index (χ0) is 10.0. The Morgan fingerprint density at radius 2 is 2.23 bits per heavy atom. The van der Waals surface area contributed by atoms with Crippen molar-refractivity contribution in [3.8, 4) is 0 Å². The second kappa shape index (κ2) is 3.86. The van der Waals surface area contributed by atoms with Gasteiger partial charge in [-0.1, -0.05) is 23.2 Å². The molecule has 68 valence electrons. The molecule has 1 aliphatic heterocycles. The Bertz CT molecular complexity index is 286. The van der Waals surface area contributed by atoms with Crippen molar-refractivity contribution in [1.82, 2.24) is 4.90 Å². The van der Waals surface area contributed by atoms with Gasteiger partial charge in [0.15, 0.2) is 0 Å². The van der Waals surface area contributed by atoms with Gasteiger partial charge in [0.25, 0.3) is 0 Å². The molecule has 2 radical (unpaired) electrons. The molecule has 0 saturated heterocycles. The fourth-order valence-corrected chi connectivity index (χ4v) is 1.51. The lowest BCUT2D eigenvalue weighted by molar-refractivity contribution is 0.388. The SMILES string of the molecule is [B]C1=CN(C)C(C)C(/C(C)=C\C)=C1. The van der Waals surface area contributed by atoms with Crippen molar-refractivity contribution in [1.29, 1.82) is 0 Å². The molecule has 0 aliphatic carbocycles. The van der Waals surface area contributed by atoms with Gasteiger partial charge in [-0.2, -0.15) is 0 Å². The quantitative estimate of drug-likeness (QED) is 0.549. The van der Waals surface area contributed by atoms with E-state index in [2.05, 4.69) is 37.8 Å². The molecule has 0 amide bonds. The van der Waals surface area contributed by atoms with E-state index in [0.717, 1.165) is 5.47 Å². The largest absolute Gasteiger partial charge is 0.374 e. The number of allylic oxidation sites excluding steroid dienone is 3. The lowest BCUT2D eigenvalue weighted by Gasteiger charge is -2.30. The molecule has 1 unspecified atom stereocenters. The molecule has 0 aromatic carbocycles. The van der Waals surface area contributed by atoms with Gasteiger partial charge in [-0.25, -0.2) is 0 Å². The van der Waals surface area contributed by atoms with E-state index in [1.165, 1.54) is 11.1 Å². The third-order valence-corrected chi connectivity index (χ3v) is 2.62. The first-order valence-corrected chi connectivity index (χ1v) is 4.60. The van der Waals surface area contributed by atoms with Crippen molar-refractivity contribution >= 4 is 7.85 Å². The molecule has 0 N–H and O–H groups in total. The van der Waals surface area contributed by atoms with E-state index < -0.39 is 0 Å². The molecule has 0 spiro atoms. The van der Waals surface area contributed by atoms with Crippen LogP contribution >= 0.6 is 0 Å². The maximum Gasteiger partial charge on any atom is 0.115 e. The monoisotopic (exact) mass is 173 g/mol. The third kappa shape index (κ3) is 2.06. The zero-order valence-corrected chi connectivity index (χ0v) is 8.83. The van der Waals surface area contributed by atoms with Gasteiger partial charge in [-0.3, -0.25) is 0 Å². The number of nitrogens with zero attached hydrogens (tertiary/aromatic N) is 1. The van der Waals surface area contributed by atoms with Crippen LogP contribution in [0.15, 0.2) is 35.0 Å². The van der Waals surface area contributed by atoms with Crippen LogP contribution in [0.3, 0.4) is 0 Å². The summed E-state index contributed by atoms with van der Waals surface area (Å²) < 4.78 is 0. The van der Waals surface area contributed by atoms with Crippen molar-refractivity contribution in [2.75, 3.05) is 7.05 Å². The standard InChI is InChI=1S/C11H16BN/c1-5-8(2)11-6-10(12)7-13(4)9(11)3/h5-7,9H,1-4H3/b8-5-. The fourth-order valence-electron chi connectivity index (χ4n) is 1.51. The van der Waals surface area contributed by atoms with E-state index >= 15 is 0 Å². The van der Waals surface area contributed by atoms with Gasteiger partial charge in [-0.15, -0.1) is 0 Å². The van der Waals surface area contributed by atoms with Gasteiger partial charge in [0.2, 0.25) is 0 Å². The van der Waals surface area contributed by atoms with E-state index in [1.54, 1.807) is 0 Å².